The smallest absolute Gasteiger partial charge is 0.296 e. The first-order valence-corrected chi connectivity index (χ1v) is 10.7. The van der Waals surface area contributed by atoms with Crippen LogP contribution in [-0.2, 0) is 30.7 Å². The van der Waals surface area contributed by atoms with Crippen molar-refractivity contribution < 1.29 is 8.42 Å². The van der Waals surface area contributed by atoms with Crippen molar-refractivity contribution in [1.82, 2.24) is 18.3 Å². The van der Waals surface area contributed by atoms with Gasteiger partial charge in [0.25, 0.3) is 0 Å². The molecular weight excluding hydrogens is 376 g/mol. The molecule has 0 spiro atoms. The van der Waals surface area contributed by atoms with Crippen LogP contribution in [0.25, 0.3) is 11.0 Å². The summed E-state index contributed by atoms with van der Waals surface area (Å²) in [4.78, 5) is 14.6. The van der Waals surface area contributed by atoms with Gasteiger partial charge in [0.2, 0.25) is 10.0 Å². The monoisotopic (exact) mass is 400 g/mol. The molecule has 0 atom stereocenters. The van der Waals surface area contributed by atoms with Crippen molar-refractivity contribution >= 4 is 21.1 Å². The van der Waals surface area contributed by atoms with E-state index in [4.69, 9.17) is 0 Å². The van der Waals surface area contributed by atoms with Crippen molar-refractivity contribution in [3.05, 3.63) is 64.6 Å². The van der Waals surface area contributed by atoms with Gasteiger partial charge in [-0.25, -0.2) is 13.2 Å². The summed E-state index contributed by atoms with van der Waals surface area (Å²) in [6.45, 7) is 3.13. The second-order valence-corrected chi connectivity index (χ2v) is 9.15. The zero-order valence-electron chi connectivity index (χ0n) is 16.1. The lowest BCUT2D eigenvalue weighted by Crippen LogP contribution is -2.48. The second-order valence-electron chi connectivity index (χ2n) is 7.22. The molecule has 7 nitrogen and oxygen atoms in total. The number of imidazole rings is 1. The number of nitrogens with zero attached hydrogens (tertiary/aromatic N) is 4. The van der Waals surface area contributed by atoms with E-state index < -0.39 is 10.0 Å². The normalized spacial score (nSPS) is 16.6. The van der Waals surface area contributed by atoms with Gasteiger partial charge in [-0.05, 0) is 23.8 Å². The van der Waals surface area contributed by atoms with Gasteiger partial charge >= 0.3 is 5.69 Å². The van der Waals surface area contributed by atoms with Crippen LogP contribution in [0, 0.1) is 0 Å². The second kappa shape index (κ2) is 7.20. The number of hydrogen-bond acceptors (Lipinski definition) is 4. The zero-order chi connectivity index (χ0) is 19.9. The molecular formula is C20H24N4O3S. The Labute approximate surface area is 164 Å². The molecule has 2 aromatic carbocycles. The highest BCUT2D eigenvalue weighted by Gasteiger charge is 2.29. The van der Waals surface area contributed by atoms with Gasteiger partial charge < -0.3 is 0 Å². The average Bonchev–Trinajstić information content (AvgIpc) is 2.93. The summed E-state index contributed by atoms with van der Waals surface area (Å²) < 4.78 is 30.8. The first-order valence-electron chi connectivity index (χ1n) is 9.30. The molecule has 1 fully saturated rings. The summed E-state index contributed by atoms with van der Waals surface area (Å²) in [6, 6.07) is 15.1. The number of aryl methyl sites for hydroxylation is 2. The molecule has 0 N–H and O–H groups in total. The molecule has 0 amide bonds. The minimum absolute atomic E-state index is 0.168. The highest BCUT2D eigenvalue weighted by Crippen LogP contribution is 2.22. The van der Waals surface area contributed by atoms with E-state index in [0.717, 1.165) is 12.1 Å². The Hall–Kier alpha value is -2.42. The number of fused-ring (bicyclic) bond motifs is 1. The van der Waals surface area contributed by atoms with Crippen LogP contribution in [0.3, 0.4) is 0 Å². The van der Waals surface area contributed by atoms with Gasteiger partial charge in [0, 0.05) is 46.8 Å². The van der Waals surface area contributed by atoms with E-state index in [0.29, 0.717) is 31.7 Å². The van der Waals surface area contributed by atoms with Crippen molar-refractivity contribution in [3.63, 3.8) is 0 Å². The lowest BCUT2D eigenvalue weighted by atomic mass is 10.2. The molecule has 1 aromatic heterocycles. The molecule has 1 aliphatic heterocycles. The third-order valence-electron chi connectivity index (χ3n) is 5.46. The molecule has 1 saturated heterocycles. The quantitative estimate of drug-likeness (QED) is 0.664. The molecule has 1 aliphatic rings. The van der Waals surface area contributed by atoms with Gasteiger partial charge in [0.1, 0.15) is 0 Å². The number of aromatic nitrogens is 2. The van der Waals surface area contributed by atoms with E-state index in [1.165, 1.54) is 19.0 Å². The molecule has 28 heavy (non-hydrogen) atoms. The van der Waals surface area contributed by atoms with E-state index in [9.17, 15) is 13.2 Å². The van der Waals surface area contributed by atoms with Crippen LogP contribution < -0.4 is 5.69 Å². The van der Waals surface area contributed by atoms with Crippen molar-refractivity contribution in [3.8, 4) is 0 Å². The molecule has 148 valence electrons. The first kappa shape index (κ1) is 18.9. The highest BCUT2D eigenvalue weighted by molar-refractivity contribution is 7.89. The topological polar surface area (TPSA) is 67.5 Å². The van der Waals surface area contributed by atoms with Gasteiger partial charge in [-0.2, -0.15) is 4.31 Å². The van der Waals surface area contributed by atoms with Crippen LogP contribution in [0.15, 0.2) is 58.2 Å². The fourth-order valence-corrected chi connectivity index (χ4v) is 5.21. The van der Waals surface area contributed by atoms with Crippen LogP contribution in [0.5, 0.6) is 0 Å². The number of hydrogen-bond donors (Lipinski definition) is 0. The summed E-state index contributed by atoms with van der Waals surface area (Å²) in [5.41, 5.74) is 2.41. The Balaban J connectivity index is 1.52. The Morgan fingerprint density at radius 1 is 0.857 bits per heavy atom. The molecule has 2 heterocycles. The van der Waals surface area contributed by atoms with Gasteiger partial charge in [0.15, 0.2) is 0 Å². The molecule has 0 saturated carbocycles. The maximum absolute atomic E-state index is 13.1. The minimum atomic E-state index is -3.59. The number of sulfonamides is 1. The van der Waals surface area contributed by atoms with Crippen LogP contribution in [0.2, 0.25) is 0 Å². The zero-order valence-corrected chi connectivity index (χ0v) is 16.9. The fraction of sp³-hybridized carbons (Fsp3) is 0.350. The predicted octanol–water partition coefficient (Wildman–Crippen LogP) is 1.38. The molecule has 0 radical (unpaired) electrons. The molecule has 0 aliphatic carbocycles. The van der Waals surface area contributed by atoms with Crippen LogP contribution >= 0.6 is 0 Å². The summed E-state index contributed by atoms with van der Waals surface area (Å²) in [7, 11) is -0.247. The largest absolute Gasteiger partial charge is 0.328 e. The van der Waals surface area contributed by atoms with Crippen molar-refractivity contribution in [2.45, 2.75) is 11.4 Å². The number of piperazine rings is 1. The van der Waals surface area contributed by atoms with Gasteiger partial charge in [-0.1, -0.05) is 30.3 Å². The third kappa shape index (κ3) is 3.28. The minimum Gasteiger partial charge on any atom is -0.296 e. The Morgan fingerprint density at radius 2 is 1.50 bits per heavy atom. The van der Waals surface area contributed by atoms with E-state index >= 15 is 0 Å². The molecule has 3 aromatic rings. The molecule has 8 heteroatoms. The Morgan fingerprint density at radius 3 is 2.18 bits per heavy atom. The van der Waals surface area contributed by atoms with E-state index in [-0.39, 0.29) is 10.6 Å². The highest BCUT2D eigenvalue weighted by atomic mass is 32.2. The molecule has 0 bridgehead atoms. The van der Waals surface area contributed by atoms with Crippen molar-refractivity contribution in [2.75, 3.05) is 26.2 Å². The Kier molecular flexibility index (Phi) is 4.86. The summed E-state index contributed by atoms with van der Waals surface area (Å²) >= 11 is 0. The average molecular weight is 401 g/mol. The van der Waals surface area contributed by atoms with Gasteiger partial charge in [-0.3, -0.25) is 14.0 Å². The molecule has 4 rings (SSSR count). The van der Waals surface area contributed by atoms with Crippen LogP contribution in [0.4, 0.5) is 0 Å². The number of rotatable bonds is 4. The van der Waals surface area contributed by atoms with Crippen LogP contribution in [0.1, 0.15) is 5.56 Å². The SMILES string of the molecule is Cn1c(=O)n(C)c2cc(S(=O)(=O)N3CCN(Cc4ccccc4)CC3)ccc21. The molecule has 0 unspecified atom stereocenters. The predicted molar refractivity (Wildman–Crippen MR) is 109 cm³/mol. The lowest BCUT2D eigenvalue weighted by molar-refractivity contribution is 0.181. The fourth-order valence-electron chi connectivity index (χ4n) is 3.77. The summed E-state index contributed by atoms with van der Waals surface area (Å²) in [5, 5.41) is 0. The van der Waals surface area contributed by atoms with Crippen LogP contribution in [-0.4, -0.2) is 52.9 Å². The van der Waals surface area contributed by atoms with E-state index in [2.05, 4.69) is 17.0 Å². The summed E-state index contributed by atoms with van der Waals surface area (Å²) in [5.74, 6) is 0. The summed E-state index contributed by atoms with van der Waals surface area (Å²) in [6.07, 6.45) is 0. The van der Waals surface area contributed by atoms with Gasteiger partial charge in [-0.15, -0.1) is 0 Å². The maximum Gasteiger partial charge on any atom is 0.328 e. The van der Waals surface area contributed by atoms with E-state index in [1.54, 1.807) is 32.3 Å². The number of benzene rings is 2. The van der Waals surface area contributed by atoms with Gasteiger partial charge in [0.05, 0.1) is 15.9 Å². The standard InChI is InChI=1S/C20H24N4O3S/c1-21-18-9-8-17(14-19(18)22(2)20(21)25)28(26,27)24-12-10-23(11-13-24)15-16-6-4-3-5-7-16/h3-9,14H,10-13,15H2,1-2H3. The lowest BCUT2D eigenvalue weighted by Gasteiger charge is -2.34. The Bertz CT molecular complexity index is 1160. The van der Waals surface area contributed by atoms with E-state index in [1.807, 2.05) is 18.2 Å². The van der Waals surface area contributed by atoms with Crippen molar-refractivity contribution in [1.29, 1.82) is 0 Å². The van der Waals surface area contributed by atoms with Crippen molar-refractivity contribution in [2.24, 2.45) is 14.1 Å². The third-order valence-corrected chi connectivity index (χ3v) is 7.36. The maximum atomic E-state index is 13.1. The first-order chi connectivity index (χ1) is 13.4.